The molecule has 1 N–H and O–H groups in total. The molecule has 3 rings (SSSR count). The van der Waals surface area contributed by atoms with Crippen LogP contribution in [-0.4, -0.2) is 41.4 Å². The van der Waals surface area contributed by atoms with Gasteiger partial charge < -0.3 is 14.7 Å². The maximum Gasteiger partial charge on any atom is 0.339 e. The van der Waals surface area contributed by atoms with Gasteiger partial charge in [0.25, 0.3) is 0 Å². The molecule has 5 nitrogen and oxygen atoms in total. The van der Waals surface area contributed by atoms with Crippen molar-refractivity contribution >= 4 is 11.8 Å². The van der Waals surface area contributed by atoms with Crippen molar-refractivity contribution in [1.82, 2.24) is 4.98 Å². The zero-order valence-corrected chi connectivity index (χ0v) is 13.8. The van der Waals surface area contributed by atoms with Gasteiger partial charge in [0, 0.05) is 18.8 Å². The third kappa shape index (κ3) is 3.66. The Morgan fingerprint density at radius 1 is 1.35 bits per heavy atom. The van der Waals surface area contributed by atoms with Gasteiger partial charge in [0.2, 0.25) is 0 Å². The molecule has 5 heteroatoms. The predicted molar refractivity (Wildman–Crippen MR) is 88.5 cm³/mol. The molecule has 0 amide bonds. The van der Waals surface area contributed by atoms with Crippen LogP contribution in [0.2, 0.25) is 0 Å². The second-order valence-electron chi connectivity index (χ2n) is 6.63. The molecule has 1 aliphatic carbocycles. The summed E-state index contributed by atoms with van der Waals surface area (Å²) in [5.74, 6) is 1.16. The summed E-state index contributed by atoms with van der Waals surface area (Å²) in [5, 5.41) is 10.1. The van der Waals surface area contributed by atoms with Gasteiger partial charge in [-0.15, -0.1) is 0 Å². The van der Waals surface area contributed by atoms with Crippen LogP contribution in [0.15, 0.2) is 18.3 Å². The van der Waals surface area contributed by atoms with E-state index in [1.165, 1.54) is 32.1 Å². The van der Waals surface area contributed by atoms with Crippen molar-refractivity contribution in [2.45, 2.75) is 57.6 Å². The first kappa shape index (κ1) is 16.2. The van der Waals surface area contributed by atoms with Crippen molar-refractivity contribution in [3.8, 4) is 0 Å². The first-order valence-electron chi connectivity index (χ1n) is 8.77. The number of ether oxygens (including phenoxy) is 1. The van der Waals surface area contributed by atoms with Gasteiger partial charge in [-0.05, 0) is 44.2 Å². The Labute approximate surface area is 137 Å². The first-order chi connectivity index (χ1) is 11.2. The van der Waals surface area contributed by atoms with Gasteiger partial charge in [-0.3, -0.25) is 0 Å². The van der Waals surface area contributed by atoms with Crippen LogP contribution in [0, 0.1) is 5.92 Å². The zero-order chi connectivity index (χ0) is 16.2. The van der Waals surface area contributed by atoms with E-state index in [1.54, 1.807) is 19.2 Å². The van der Waals surface area contributed by atoms with Gasteiger partial charge >= 0.3 is 5.97 Å². The fraction of sp³-hybridized carbons (Fsp3) is 0.667. The van der Waals surface area contributed by atoms with Crippen LogP contribution >= 0.6 is 0 Å². The highest BCUT2D eigenvalue weighted by Crippen LogP contribution is 2.36. The Hall–Kier alpha value is -1.62. The minimum Gasteiger partial charge on any atom is -0.462 e. The molecule has 1 saturated heterocycles. The number of hydrogen-bond donors (Lipinski definition) is 1. The number of β-amino-alcohol motifs (C(OH)–C–C–N with tert-alkyl or cyclic N) is 1. The average Bonchev–Trinajstić information content (AvgIpc) is 2.98. The number of pyridine rings is 1. The molecule has 2 fully saturated rings. The molecular weight excluding hydrogens is 292 g/mol. The Morgan fingerprint density at radius 3 is 2.78 bits per heavy atom. The summed E-state index contributed by atoms with van der Waals surface area (Å²) < 4.78 is 4.99. The minimum atomic E-state index is -0.336. The van der Waals surface area contributed by atoms with E-state index in [9.17, 15) is 9.90 Å². The molecule has 1 aromatic heterocycles. The Balaban J connectivity index is 1.74. The lowest BCUT2D eigenvalue weighted by Crippen LogP contribution is -2.37. The number of esters is 1. The van der Waals surface area contributed by atoms with E-state index >= 15 is 0 Å². The maximum absolute atomic E-state index is 11.7. The van der Waals surface area contributed by atoms with E-state index < -0.39 is 0 Å². The molecule has 2 aliphatic rings. The molecule has 23 heavy (non-hydrogen) atoms. The van der Waals surface area contributed by atoms with Gasteiger partial charge in [-0.25, -0.2) is 9.78 Å². The van der Waals surface area contributed by atoms with Crippen molar-refractivity contribution < 1.29 is 14.6 Å². The van der Waals surface area contributed by atoms with Gasteiger partial charge in [0.05, 0.1) is 18.3 Å². The summed E-state index contributed by atoms with van der Waals surface area (Å²) >= 11 is 0. The van der Waals surface area contributed by atoms with E-state index in [0.29, 0.717) is 30.7 Å². The lowest BCUT2D eigenvalue weighted by molar-refractivity contribution is 0.0526. The number of nitrogens with zero attached hydrogens (tertiary/aromatic N) is 2. The summed E-state index contributed by atoms with van der Waals surface area (Å²) in [6.07, 6.45) is 8.53. The lowest BCUT2D eigenvalue weighted by atomic mass is 9.83. The van der Waals surface area contributed by atoms with Gasteiger partial charge in [-0.1, -0.05) is 19.3 Å². The van der Waals surface area contributed by atoms with Gasteiger partial charge in [0.1, 0.15) is 5.82 Å². The van der Waals surface area contributed by atoms with Crippen molar-refractivity contribution in [3.05, 3.63) is 23.9 Å². The van der Waals surface area contributed by atoms with Crippen LogP contribution in [0.25, 0.3) is 0 Å². The molecule has 1 aliphatic heterocycles. The van der Waals surface area contributed by atoms with E-state index in [0.717, 1.165) is 12.2 Å². The van der Waals surface area contributed by atoms with Crippen LogP contribution in [-0.2, 0) is 4.74 Å². The van der Waals surface area contributed by atoms with Crippen molar-refractivity contribution in [2.24, 2.45) is 5.92 Å². The van der Waals surface area contributed by atoms with Crippen LogP contribution < -0.4 is 4.90 Å². The Kier molecular flexibility index (Phi) is 5.16. The van der Waals surface area contributed by atoms with Crippen LogP contribution in [0.4, 0.5) is 5.82 Å². The summed E-state index contributed by atoms with van der Waals surface area (Å²) in [4.78, 5) is 18.4. The highest BCUT2D eigenvalue weighted by molar-refractivity contribution is 5.89. The van der Waals surface area contributed by atoms with Crippen LogP contribution in [0.5, 0.6) is 0 Å². The molecule has 0 bridgehead atoms. The molecule has 2 atom stereocenters. The smallest absolute Gasteiger partial charge is 0.339 e. The molecule has 0 aromatic carbocycles. The van der Waals surface area contributed by atoms with Crippen LogP contribution in [0.1, 0.15) is 55.8 Å². The van der Waals surface area contributed by atoms with Crippen LogP contribution in [0.3, 0.4) is 0 Å². The highest BCUT2D eigenvalue weighted by Gasteiger charge is 2.37. The van der Waals surface area contributed by atoms with E-state index in [-0.39, 0.29) is 12.1 Å². The van der Waals surface area contributed by atoms with Gasteiger partial charge in [-0.2, -0.15) is 0 Å². The number of aliphatic hydroxyl groups is 1. The monoisotopic (exact) mass is 318 g/mol. The maximum atomic E-state index is 11.7. The topological polar surface area (TPSA) is 62.7 Å². The second-order valence-corrected chi connectivity index (χ2v) is 6.63. The molecule has 1 aromatic rings. The number of aromatic nitrogens is 1. The molecule has 126 valence electrons. The molecule has 1 saturated carbocycles. The largest absolute Gasteiger partial charge is 0.462 e. The number of anilines is 1. The van der Waals surface area contributed by atoms with Crippen molar-refractivity contribution in [1.29, 1.82) is 0 Å². The third-order valence-corrected chi connectivity index (χ3v) is 5.07. The fourth-order valence-electron chi connectivity index (χ4n) is 3.96. The van der Waals surface area contributed by atoms with E-state index in [2.05, 4.69) is 9.88 Å². The van der Waals surface area contributed by atoms with E-state index in [1.807, 2.05) is 6.07 Å². The lowest BCUT2D eigenvalue weighted by Gasteiger charge is -2.34. The normalized spacial score (nSPS) is 25.6. The summed E-state index contributed by atoms with van der Waals surface area (Å²) in [6.45, 7) is 2.79. The molecular formula is C18H26N2O3. The van der Waals surface area contributed by atoms with Crippen molar-refractivity contribution in [2.75, 3.05) is 18.1 Å². The number of hydrogen-bond acceptors (Lipinski definition) is 5. The quantitative estimate of drug-likeness (QED) is 0.865. The predicted octanol–water partition coefficient (Wildman–Crippen LogP) is 2.78. The summed E-state index contributed by atoms with van der Waals surface area (Å²) in [7, 11) is 0. The average molecular weight is 318 g/mol. The SMILES string of the molecule is CCOC(=O)c1ccc(N2C[C@H](O)C[C@H]2C2CCCCC2)nc1. The Bertz CT molecular complexity index is 526. The highest BCUT2D eigenvalue weighted by atomic mass is 16.5. The molecule has 0 unspecified atom stereocenters. The minimum absolute atomic E-state index is 0.284. The molecule has 0 spiro atoms. The number of aliphatic hydroxyl groups excluding tert-OH is 1. The third-order valence-electron chi connectivity index (χ3n) is 5.07. The Morgan fingerprint density at radius 2 is 2.13 bits per heavy atom. The van der Waals surface area contributed by atoms with Crippen molar-refractivity contribution in [3.63, 3.8) is 0 Å². The first-order valence-corrected chi connectivity index (χ1v) is 8.77. The summed E-state index contributed by atoms with van der Waals surface area (Å²) in [5.41, 5.74) is 0.476. The zero-order valence-electron chi connectivity index (χ0n) is 13.8. The number of carbonyl (C=O) groups is 1. The van der Waals surface area contributed by atoms with E-state index in [4.69, 9.17) is 4.74 Å². The summed E-state index contributed by atoms with van der Waals surface area (Å²) in [6, 6.07) is 4.01. The number of carbonyl (C=O) groups excluding carboxylic acids is 1. The van der Waals surface area contributed by atoms with Gasteiger partial charge in [0.15, 0.2) is 0 Å². The number of rotatable bonds is 4. The fourth-order valence-corrected chi connectivity index (χ4v) is 3.96. The molecule has 0 radical (unpaired) electrons. The molecule has 2 heterocycles. The standard InChI is InChI=1S/C18H26N2O3/c1-2-23-18(22)14-8-9-17(19-11-14)20-12-15(21)10-16(20)13-6-4-3-5-7-13/h8-9,11,13,15-16,21H,2-7,10,12H2,1H3/t15-,16+/m1/s1. The second kappa shape index (κ2) is 7.30.